The van der Waals surface area contributed by atoms with Crippen LogP contribution in [0.4, 0.5) is 0 Å². The molecular weight excluding hydrogens is 340 g/mol. The molecule has 0 atom stereocenters. The number of aromatic nitrogens is 2. The molecule has 0 bridgehead atoms. The van der Waals surface area contributed by atoms with E-state index in [-0.39, 0.29) is 17.1 Å². The van der Waals surface area contributed by atoms with Gasteiger partial charge in [-0.25, -0.2) is 9.38 Å². The molecule has 0 saturated heterocycles. The summed E-state index contributed by atoms with van der Waals surface area (Å²) in [5.41, 5.74) is 1.90. The van der Waals surface area contributed by atoms with Crippen molar-refractivity contribution < 1.29 is 14.9 Å². The molecule has 126 valence electrons. The van der Waals surface area contributed by atoms with Crippen LogP contribution in [0.25, 0.3) is 22.1 Å². The number of aromatic hydroxyl groups is 2. The van der Waals surface area contributed by atoms with Gasteiger partial charge in [-0.1, -0.05) is 17.4 Å². The Morgan fingerprint density at radius 2 is 2.04 bits per heavy atom. The van der Waals surface area contributed by atoms with Crippen LogP contribution in [0.3, 0.4) is 0 Å². The van der Waals surface area contributed by atoms with Crippen molar-refractivity contribution in [3.63, 3.8) is 0 Å². The predicted octanol–water partition coefficient (Wildman–Crippen LogP) is 2.27. The Morgan fingerprint density at radius 3 is 2.80 bits per heavy atom. The monoisotopic (exact) mass is 354 g/mol. The van der Waals surface area contributed by atoms with Gasteiger partial charge in [0, 0.05) is 6.07 Å². The molecule has 2 aromatic heterocycles. The molecule has 0 unspecified atom stereocenters. The van der Waals surface area contributed by atoms with Crippen LogP contribution in [0.15, 0.2) is 41.2 Å². The quantitative estimate of drug-likeness (QED) is 0.552. The molecule has 2 N–H and O–H groups in total. The Labute approximate surface area is 145 Å². The molecule has 0 amide bonds. The highest BCUT2D eigenvalue weighted by molar-refractivity contribution is 7.15. The highest BCUT2D eigenvalue weighted by atomic mass is 32.1. The lowest BCUT2D eigenvalue weighted by Crippen LogP contribution is -2.22. The van der Waals surface area contributed by atoms with Crippen LogP contribution in [0, 0.1) is 0 Å². The highest BCUT2D eigenvalue weighted by Crippen LogP contribution is 2.25. The van der Waals surface area contributed by atoms with Crippen molar-refractivity contribution in [1.82, 2.24) is 9.38 Å². The molecule has 0 aliphatic rings. The number of nitrogens with zero attached hydrogens (tertiary/aromatic N) is 2. The summed E-state index contributed by atoms with van der Waals surface area (Å²) in [5, 5.41) is 19.0. The molecule has 0 aliphatic carbocycles. The SMILES string of the molecule is CCOc1ccc2c(c1)nc1s/c(=C\c3ccc(O)c(O)c3)c(=O)n12. The van der Waals surface area contributed by atoms with Crippen LogP contribution in [0.2, 0.25) is 0 Å². The number of hydrogen-bond acceptors (Lipinski definition) is 6. The summed E-state index contributed by atoms with van der Waals surface area (Å²) in [4.78, 5) is 17.8. The molecule has 0 aliphatic heterocycles. The van der Waals surface area contributed by atoms with Crippen molar-refractivity contribution >= 4 is 33.4 Å². The Hall–Kier alpha value is -3.06. The van der Waals surface area contributed by atoms with Gasteiger partial charge in [0.05, 0.1) is 22.2 Å². The fourth-order valence-electron chi connectivity index (χ4n) is 2.68. The van der Waals surface area contributed by atoms with Gasteiger partial charge in [-0.2, -0.15) is 0 Å². The third kappa shape index (κ3) is 2.58. The van der Waals surface area contributed by atoms with Crippen molar-refractivity contribution in [2.45, 2.75) is 6.92 Å². The number of phenolic OH excluding ortho intramolecular Hbond substituents is 2. The van der Waals surface area contributed by atoms with Crippen molar-refractivity contribution in [3.05, 3.63) is 56.8 Å². The van der Waals surface area contributed by atoms with Gasteiger partial charge in [0.1, 0.15) is 5.75 Å². The first-order valence-electron chi connectivity index (χ1n) is 7.68. The molecule has 2 heterocycles. The third-order valence-corrected chi connectivity index (χ3v) is 4.79. The van der Waals surface area contributed by atoms with E-state index in [1.807, 2.05) is 25.1 Å². The van der Waals surface area contributed by atoms with E-state index >= 15 is 0 Å². The normalized spacial score (nSPS) is 12.3. The Kier molecular flexibility index (Phi) is 3.58. The van der Waals surface area contributed by atoms with E-state index in [2.05, 4.69) is 4.98 Å². The van der Waals surface area contributed by atoms with Crippen LogP contribution >= 0.6 is 11.3 Å². The largest absolute Gasteiger partial charge is 0.504 e. The molecule has 4 aromatic rings. The summed E-state index contributed by atoms with van der Waals surface area (Å²) in [5.74, 6) is 0.299. The Balaban J connectivity index is 1.89. The molecule has 0 fully saturated rings. The summed E-state index contributed by atoms with van der Waals surface area (Å²) in [6, 6.07) is 9.88. The molecule has 0 radical (unpaired) electrons. The number of phenols is 2. The minimum atomic E-state index is -0.226. The van der Waals surface area contributed by atoms with Crippen LogP contribution in [0.1, 0.15) is 12.5 Å². The van der Waals surface area contributed by atoms with E-state index in [1.54, 1.807) is 16.5 Å². The topological polar surface area (TPSA) is 84.1 Å². The van der Waals surface area contributed by atoms with Gasteiger partial charge in [-0.3, -0.25) is 4.79 Å². The van der Waals surface area contributed by atoms with Crippen LogP contribution < -0.4 is 14.8 Å². The molecular formula is C18H14N2O4S. The average molecular weight is 354 g/mol. The zero-order chi connectivity index (χ0) is 17.6. The second kappa shape index (κ2) is 5.78. The van der Waals surface area contributed by atoms with E-state index in [0.717, 1.165) is 11.3 Å². The van der Waals surface area contributed by atoms with E-state index in [0.29, 0.717) is 27.2 Å². The van der Waals surface area contributed by atoms with Gasteiger partial charge in [-0.05, 0) is 42.8 Å². The first-order valence-corrected chi connectivity index (χ1v) is 8.50. The summed E-state index contributed by atoms with van der Waals surface area (Å²) in [6.07, 6.45) is 1.67. The van der Waals surface area contributed by atoms with E-state index in [4.69, 9.17) is 4.74 Å². The summed E-state index contributed by atoms with van der Waals surface area (Å²) >= 11 is 1.27. The van der Waals surface area contributed by atoms with Gasteiger partial charge in [0.25, 0.3) is 5.56 Å². The minimum Gasteiger partial charge on any atom is -0.504 e. The van der Waals surface area contributed by atoms with Crippen molar-refractivity contribution in [1.29, 1.82) is 0 Å². The van der Waals surface area contributed by atoms with Gasteiger partial charge < -0.3 is 14.9 Å². The van der Waals surface area contributed by atoms with Gasteiger partial charge >= 0.3 is 0 Å². The number of ether oxygens (including phenoxy) is 1. The van der Waals surface area contributed by atoms with Crippen LogP contribution in [0.5, 0.6) is 17.2 Å². The van der Waals surface area contributed by atoms with Crippen LogP contribution in [-0.2, 0) is 0 Å². The van der Waals surface area contributed by atoms with Crippen molar-refractivity contribution in [2.24, 2.45) is 0 Å². The van der Waals surface area contributed by atoms with E-state index in [1.165, 1.54) is 23.5 Å². The lowest BCUT2D eigenvalue weighted by molar-refractivity contribution is 0.340. The molecule has 6 nitrogen and oxygen atoms in total. The predicted molar refractivity (Wildman–Crippen MR) is 96.6 cm³/mol. The molecule has 2 aromatic carbocycles. The Morgan fingerprint density at radius 1 is 1.20 bits per heavy atom. The van der Waals surface area contributed by atoms with Crippen LogP contribution in [-0.4, -0.2) is 26.2 Å². The second-order valence-electron chi connectivity index (χ2n) is 5.48. The molecule has 0 spiro atoms. The fraction of sp³-hybridized carbons (Fsp3) is 0.111. The summed E-state index contributed by atoms with van der Waals surface area (Å²) < 4.78 is 7.54. The second-order valence-corrected chi connectivity index (χ2v) is 6.49. The maximum atomic E-state index is 12.7. The molecule has 4 rings (SSSR count). The third-order valence-electron chi connectivity index (χ3n) is 3.82. The summed E-state index contributed by atoms with van der Waals surface area (Å²) in [7, 11) is 0. The number of benzene rings is 2. The molecule has 0 saturated carbocycles. The number of imidazole rings is 1. The maximum Gasteiger partial charge on any atom is 0.274 e. The number of rotatable bonds is 3. The first kappa shape index (κ1) is 15.5. The Bertz CT molecular complexity index is 1210. The highest BCUT2D eigenvalue weighted by Gasteiger charge is 2.12. The van der Waals surface area contributed by atoms with Gasteiger partial charge in [-0.15, -0.1) is 0 Å². The standard InChI is InChI=1S/C18H14N2O4S/c1-2-24-11-4-5-13-12(9-11)19-18-20(13)17(23)16(25-18)8-10-3-6-14(21)15(22)7-10/h3-9,21-22H,2H2,1H3/b16-8-. The van der Waals surface area contributed by atoms with Crippen molar-refractivity contribution in [3.8, 4) is 17.2 Å². The lowest BCUT2D eigenvalue weighted by atomic mass is 10.2. The first-order chi connectivity index (χ1) is 12.1. The van der Waals surface area contributed by atoms with E-state index in [9.17, 15) is 15.0 Å². The van der Waals surface area contributed by atoms with Crippen molar-refractivity contribution in [2.75, 3.05) is 6.61 Å². The molecule has 25 heavy (non-hydrogen) atoms. The minimum absolute atomic E-state index is 0.167. The lowest BCUT2D eigenvalue weighted by Gasteiger charge is -2.01. The summed E-state index contributed by atoms with van der Waals surface area (Å²) in [6.45, 7) is 2.48. The maximum absolute atomic E-state index is 12.7. The van der Waals surface area contributed by atoms with Gasteiger partial charge in [0.2, 0.25) is 0 Å². The fourth-order valence-corrected chi connectivity index (χ4v) is 3.67. The smallest absolute Gasteiger partial charge is 0.274 e. The number of thiazole rings is 1. The average Bonchev–Trinajstić information content (AvgIpc) is 3.08. The number of hydrogen-bond donors (Lipinski definition) is 2. The number of fused-ring (bicyclic) bond motifs is 3. The zero-order valence-corrected chi connectivity index (χ0v) is 14.1. The molecule has 7 heteroatoms. The zero-order valence-electron chi connectivity index (χ0n) is 13.3. The van der Waals surface area contributed by atoms with Gasteiger partial charge in [0.15, 0.2) is 16.5 Å². The van der Waals surface area contributed by atoms with E-state index < -0.39 is 0 Å².